The lowest BCUT2D eigenvalue weighted by Crippen LogP contribution is -2.49. The summed E-state index contributed by atoms with van der Waals surface area (Å²) in [5.41, 5.74) is 0. The number of ether oxygens (including phenoxy) is 1. The molecule has 0 aliphatic carbocycles. The van der Waals surface area contributed by atoms with E-state index in [0.29, 0.717) is 17.8 Å². The van der Waals surface area contributed by atoms with Crippen LogP contribution in [0.1, 0.15) is 25.7 Å². The van der Waals surface area contributed by atoms with Crippen molar-refractivity contribution in [3.63, 3.8) is 0 Å². The molecule has 0 aromatic heterocycles. The quantitative estimate of drug-likeness (QED) is 0.894. The van der Waals surface area contributed by atoms with Crippen LogP contribution in [0.4, 0.5) is 4.39 Å². The lowest BCUT2D eigenvalue weighted by molar-refractivity contribution is -0.134. The summed E-state index contributed by atoms with van der Waals surface area (Å²) in [6.07, 6.45) is 4.41. The highest BCUT2D eigenvalue weighted by molar-refractivity contribution is 6.30. The van der Waals surface area contributed by atoms with Crippen LogP contribution in [0.25, 0.3) is 0 Å². The first-order chi connectivity index (χ1) is 10.5. The Kier molecular flexibility index (Phi) is 6.12. The Morgan fingerprint density at radius 2 is 2.04 bits per heavy atom. The first-order valence-corrected chi connectivity index (χ1v) is 8.00. The second kappa shape index (κ2) is 7.69. The number of nitrogens with one attached hydrogen (secondary N) is 1. The van der Waals surface area contributed by atoms with Gasteiger partial charge in [-0.3, -0.25) is 4.79 Å². The molecule has 1 aromatic rings. The molecular weight excluding hydrogens is 342 g/mol. The van der Waals surface area contributed by atoms with Gasteiger partial charge < -0.3 is 15.0 Å². The first kappa shape index (κ1) is 18.3. The van der Waals surface area contributed by atoms with Crippen molar-refractivity contribution < 1.29 is 13.9 Å². The Morgan fingerprint density at radius 3 is 2.65 bits per heavy atom. The van der Waals surface area contributed by atoms with Crippen molar-refractivity contribution in [1.82, 2.24) is 10.2 Å². The molecule has 2 saturated heterocycles. The van der Waals surface area contributed by atoms with Gasteiger partial charge in [-0.1, -0.05) is 11.6 Å². The molecule has 2 unspecified atom stereocenters. The second-order valence-corrected chi connectivity index (χ2v) is 6.54. The number of likely N-dealkylation sites (N-methyl/N-ethyl adjacent to an activating group) is 1. The maximum atomic E-state index is 13.1. The minimum Gasteiger partial charge on any atom is -0.484 e. The van der Waals surface area contributed by atoms with Gasteiger partial charge in [0.1, 0.15) is 11.6 Å². The molecule has 3 rings (SSSR count). The minimum atomic E-state index is -0.498. The van der Waals surface area contributed by atoms with E-state index < -0.39 is 5.82 Å². The number of fused-ring (bicyclic) bond motifs is 2. The fourth-order valence-corrected chi connectivity index (χ4v) is 3.53. The van der Waals surface area contributed by atoms with Crippen molar-refractivity contribution in [2.45, 2.75) is 43.8 Å². The normalized spacial score (nSPS) is 25.6. The molecule has 2 heterocycles. The molecule has 4 nitrogen and oxygen atoms in total. The standard InChI is InChI=1S/C16H20ClFN2O2.ClH/c1-20(12-6-10-2-3-11(7-12)19-10)16(21)9-22-13-4-5-15(18)14(17)8-13;/h4-5,8,10-12,19H,2-3,6-7,9H2,1H3;1H. The summed E-state index contributed by atoms with van der Waals surface area (Å²) in [5.74, 6) is -0.159. The fraction of sp³-hybridized carbons (Fsp3) is 0.562. The lowest BCUT2D eigenvalue weighted by Gasteiger charge is -2.35. The number of rotatable bonds is 4. The van der Waals surface area contributed by atoms with Crippen LogP contribution in [0.5, 0.6) is 5.75 Å². The van der Waals surface area contributed by atoms with Gasteiger partial charge in [0, 0.05) is 31.2 Å². The highest BCUT2D eigenvalue weighted by Gasteiger charge is 2.36. The van der Waals surface area contributed by atoms with Crippen LogP contribution >= 0.6 is 24.0 Å². The predicted molar refractivity (Wildman–Crippen MR) is 89.9 cm³/mol. The Morgan fingerprint density at radius 1 is 1.39 bits per heavy atom. The van der Waals surface area contributed by atoms with Gasteiger partial charge in [0.05, 0.1) is 5.02 Å². The molecule has 2 atom stereocenters. The number of halogens is 3. The molecule has 128 valence electrons. The van der Waals surface area contributed by atoms with E-state index >= 15 is 0 Å². The smallest absolute Gasteiger partial charge is 0.260 e. The van der Waals surface area contributed by atoms with Gasteiger partial charge in [0.15, 0.2) is 6.61 Å². The average molecular weight is 363 g/mol. The molecule has 1 amide bonds. The number of carbonyl (C=O) groups is 1. The van der Waals surface area contributed by atoms with Gasteiger partial charge in [-0.05, 0) is 37.8 Å². The van der Waals surface area contributed by atoms with Crippen molar-refractivity contribution in [2.75, 3.05) is 13.7 Å². The van der Waals surface area contributed by atoms with Gasteiger partial charge in [0.2, 0.25) is 0 Å². The molecule has 2 bridgehead atoms. The highest BCUT2D eigenvalue weighted by Crippen LogP contribution is 2.29. The van der Waals surface area contributed by atoms with Gasteiger partial charge in [0.25, 0.3) is 5.91 Å². The molecule has 0 saturated carbocycles. The average Bonchev–Trinajstić information content (AvgIpc) is 2.85. The van der Waals surface area contributed by atoms with Crippen LogP contribution in [0.2, 0.25) is 5.02 Å². The molecule has 7 heteroatoms. The molecule has 1 N–H and O–H groups in total. The Bertz CT molecular complexity index is 561. The fourth-order valence-electron chi connectivity index (χ4n) is 3.36. The molecule has 0 spiro atoms. The third-order valence-corrected chi connectivity index (χ3v) is 4.93. The van der Waals surface area contributed by atoms with E-state index in [2.05, 4.69) is 5.32 Å². The largest absolute Gasteiger partial charge is 0.484 e. The monoisotopic (exact) mass is 362 g/mol. The van der Waals surface area contributed by atoms with E-state index in [0.717, 1.165) is 12.8 Å². The van der Waals surface area contributed by atoms with E-state index in [9.17, 15) is 9.18 Å². The second-order valence-electron chi connectivity index (χ2n) is 6.13. The number of hydrogen-bond acceptors (Lipinski definition) is 3. The summed E-state index contributed by atoms with van der Waals surface area (Å²) in [6.45, 7) is -0.0578. The van der Waals surface area contributed by atoms with Crippen LogP contribution in [-0.4, -0.2) is 42.6 Å². The topological polar surface area (TPSA) is 41.6 Å². The summed E-state index contributed by atoms with van der Waals surface area (Å²) >= 11 is 5.70. The number of hydrogen-bond donors (Lipinski definition) is 1. The third-order valence-electron chi connectivity index (χ3n) is 4.64. The summed E-state index contributed by atoms with van der Waals surface area (Å²) in [7, 11) is 1.83. The Balaban J connectivity index is 0.00000192. The third kappa shape index (κ3) is 4.28. The summed E-state index contributed by atoms with van der Waals surface area (Å²) in [6, 6.07) is 5.43. The lowest BCUT2D eigenvalue weighted by atomic mass is 9.98. The number of carbonyl (C=O) groups excluding carboxylic acids is 1. The summed E-state index contributed by atoms with van der Waals surface area (Å²) < 4.78 is 18.5. The van der Waals surface area contributed by atoms with Gasteiger partial charge >= 0.3 is 0 Å². The van der Waals surface area contributed by atoms with Crippen molar-refractivity contribution >= 4 is 29.9 Å². The minimum absolute atomic E-state index is 0. The van der Waals surface area contributed by atoms with Crippen LogP contribution in [0.15, 0.2) is 18.2 Å². The van der Waals surface area contributed by atoms with E-state index in [1.54, 1.807) is 4.90 Å². The van der Waals surface area contributed by atoms with Crippen molar-refractivity contribution in [3.8, 4) is 5.75 Å². The molecule has 1 aromatic carbocycles. The zero-order valence-electron chi connectivity index (χ0n) is 12.9. The molecule has 2 fully saturated rings. The number of piperidine rings is 1. The van der Waals surface area contributed by atoms with Crippen molar-refractivity contribution in [3.05, 3.63) is 29.0 Å². The van der Waals surface area contributed by atoms with E-state index in [1.165, 1.54) is 31.0 Å². The van der Waals surface area contributed by atoms with Crippen LogP contribution in [-0.2, 0) is 4.79 Å². The molecule has 23 heavy (non-hydrogen) atoms. The molecule has 2 aliphatic heterocycles. The van der Waals surface area contributed by atoms with Gasteiger partial charge in [-0.25, -0.2) is 4.39 Å². The van der Waals surface area contributed by atoms with Crippen molar-refractivity contribution in [2.24, 2.45) is 0 Å². The van der Waals surface area contributed by atoms with Crippen molar-refractivity contribution in [1.29, 1.82) is 0 Å². The maximum absolute atomic E-state index is 13.1. The number of benzene rings is 1. The van der Waals surface area contributed by atoms with E-state index in [4.69, 9.17) is 16.3 Å². The molecule has 2 aliphatic rings. The predicted octanol–water partition coefficient (Wildman–Crippen LogP) is 3.02. The van der Waals surface area contributed by atoms with E-state index in [-0.39, 0.29) is 36.0 Å². The Labute approximate surface area is 146 Å². The number of nitrogens with zero attached hydrogens (tertiary/aromatic N) is 1. The van der Waals surface area contributed by atoms with Gasteiger partial charge in [-0.2, -0.15) is 0 Å². The Hall–Kier alpha value is -1.04. The summed E-state index contributed by atoms with van der Waals surface area (Å²) in [5, 5.41) is 3.56. The van der Waals surface area contributed by atoms with Crippen LogP contribution in [0, 0.1) is 5.82 Å². The number of amides is 1. The molecule has 0 radical (unpaired) electrons. The molecular formula is C16H21Cl2FN2O2. The zero-order chi connectivity index (χ0) is 15.7. The van der Waals surface area contributed by atoms with E-state index in [1.807, 2.05) is 7.05 Å². The highest BCUT2D eigenvalue weighted by atomic mass is 35.5. The van der Waals surface area contributed by atoms with Gasteiger partial charge in [-0.15, -0.1) is 12.4 Å². The summed E-state index contributed by atoms with van der Waals surface area (Å²) in [4.78, 5) is 14.1. The van der Waals surface area contributed by atoms with Crippen LogP contribution < -0.4 is 10.1 Å². The zero-order valence-corrected chi connectivity index (χ0v) is 14.5. The van der Waals surface area contributed by atoms with Crippen LogP contribution in [0.3, 0.4) is 0 Å². The SMILES string of the molecule is CN(C(=O)COc1ccc(F)c(Cl)c1)C1CC2CCC(C1)N2.Cl. The first-order valence-electron chi connectivity index (χ1n) is 7.62. The maximum Gasteiger partial charge on any atom is 0.260 e.